The average molecular weight is 750 g/mol. The molecule has 0 aliphatic heterocycles. The monoisotopic (exact) mass is 749 g/mol. The van der Waals surface area contributed by atoms with Gasteiger partial charge >= 0.3 is 0 Å². The highest BCUT2D eigenvalue weighted by Gasteiger charge is 2.22. The van der Waals surface area contributed by atoms with Gasteiger partial charge in [0.25, 0.3) is 0 Å². The zero-order chi connectivity index (χ0) is 38.0. The van der Waals surface area contributed by atoms with Gasteiger partial charge in [0.15, 0.2) is 0 Å². The van der Waals surface area contributed by atoms with E-state index in [4.69, 9.17) is 15.7 Å². The maximum Gasteiger partial charge on any atom is 0.235 e. The molecule has 5 nitrogen and oxygen atoms in total. The van der Waals surface area contributed by atoms with Crippen molar-refractivity contribution in [2.75, 3.05) is 0 Å². The van der Waals surface area contributed by atoms with Crippen LogP contribution in [0.3, 0.4) is 0 Å². The number of hydrogen-bond donors (Lipinski definition) is 1. The third-order valence-electron chi connectivity index (χ3n) is 11.1. The molecule has 11 aromatic rings. The molecule has 0 aliphatic rings. The Hall–Kier alpha value is -7.28. The Labute approximate surface area is 332 Å². The van der Waals surface area contributed by atoms with E-state index < -0.39 is 0 Å². The molecule has 0 radical (unpaired) electrons. The molecule has 57 heavy (non-hydrogen) atoms. The lowest BCUT2D eigenvalue weighted by atomic mass is 9.99. The first kappa shape index (κ1) is 33.1. The van der Waals surface area contributed by atoms with Crippen LogP contribution in [0, 0.1) is 0 Å². The third-order valence-corrected chi connectivity index (χ3v) is 12.3. The summed E-state index contributed by atoms with van der Waals surface area (Å²) in [5.74, 6) is 0.648. The number of hydrogen-bond acceptors (Lipinski definition) is 4. The van der Waals surface area contributed by atoms with E-state index in [0.29, 0.717) is 5.95 Å². The van der Waals surface area contributed by atoms with E-state index in [0.717, 1.165) is 71.1 Å². The smallest absolute Gasteiger partial charge is 0.235 e. The second-order valence-corrected chi connectivity index (χ2v) is 15.4. The van der Waals surface area contributed by atoms with Crippen LogP contribution in [0.5, 0.6) is 0 Å². The van der Waals surface area contributed by atoms with Gasteiger partial charge in [0, 0.05) is 43.2 Å². The molecular weight excluding hydrogens is 715 g/mol. The largest absolute Gasteiger partial charge is 0.405 e. The minimum absolute atomic E-state index is 0.648. The Morgan fingerprint density at radius 3 is 2.07 bits per heavy atom. The molecule has 2 N–H and O–H groups in total. The highest BCUT2D eigenvalue weighted by molar-refractivity contribution is 7.22. The summed E-state index contributed by atoms with van der Waals surface area (Å²) >= 11 is 1.75. The highest BCUT2D eigenvalue weighted by Crippen LogP contribution is 2.43. The van der Waals surface area contributed by atoms with Crippen molar-refractivity contribution in [2.24, 2.45) is 5.73 Å². The molecule has 4 heterocycles. The van der Waals surface area contributed by atoms with Crippen LogP contribution in [0.15, 0.2) is 182 Å². The van der Waals surface area contributed by atoms with Gasteiger partial charge in [-0.2, -0.15) is 0 Å². The quantitative estimate of drug-likeness (QED) is 0.172. The number of nitrogens with two attached hydrogens (primary N) is 1. The number of nitrogens with zero attached hydrogens (tertiary/aromatic N) is 4. The number of thiophene rings is 1. The van der Waals surface area contributed by atoms with E-state index in [-0.39, 0.29) is 0 Å². The molecule has 0 aliphatic carbocycles. The van der Waals surface area contributed by atoms with Crippen molar-refractivity contribution in [2.45, 2.75) is 6.92 Å². The van der Waals surface area contributed by atoms with Crippen LogP contribution in [0.1, 0.15) is 6.92 Å². The van der Waals surface area contributed by atoms with Gasteiger partial charge in [0.05, 0.1) is 38.0 Å². The lowest BCUT2D eigenvalue weighted by Gasteiger charge is -2.13. The number of rotatable bonds is 6. The summed E-state index contributed by atoms with van der Waals surface area (Å²) in [6.45, 7) is 2.06. The van der Waals surface area contributed by atoms with E-state index in [2.05, 4.69) is 186 Å². The van der Waals surface area contributed by atoms with Gasteiger partial charge in [0.2, 0.25) is 5.95 Å². The van der Waals surface area contributed by atoms with Crippen LogP contribution in [0.25, 0.3) is 109 Å². The number of benzene rings is 7. The van der Waals surface area contributed by atoms with E-state index >= 15 is 0 Å². The van der Waals surface area contributed by atoms with Gasteiger partial charge in [-0.3, -0.25) is 4.57 Å². The second kappa shape index (κ2) is 13.2. The number of aromatic nitrogens is 4. The Morgan fingerprint density at radius 2 is 1.28 bits per heavy atom. The van der Waals surface area contributed by atoms with E-state index in [1.807, 2.05) is 6.08 Å². The molecule has 270 valence electrons. The molecule has 0 unspecified atom stereocenters. The van der Waals surface area contributed by atoms with Crippen molar-refractivity contribution < 1.29 is 0 Å². The summed E-state index contributed by atoms with van der Waals surface area (Å²) in [6.07, 6.45) is 5.71. The Kier molecular flexibility index (Phi) is 7.66. The van der Waals surface area contributed by atoms with Crippen molar-refractivity contribution in [1.29, 1.82) is 0 Å². The van der Waals surface area contributed by atoms with Crippen LogP contribution in [-0.4, -0.2) is 19.1 Å². The van der Waals surface area contributed by atoms with Gasteiger partial charge in [-0.25, -0.2) is 9.97 Å². The maximum atomic E-state index is 6.01. The van der Waals surface area contributed by atoms with Crippen LogP contribution in [0.2, 0.25) is 0 Å². The minimum Gasteiger partial charge on any atom is -0.405 e. The molecule has 0 saturated heterocycles. The predicted octanol–water partition coefficient (Wildman–Crippen LogP) is 13.4. The zero-order valence-corrected chi connectivity index (χ0v) is 31.9. The number of para-hydroxylation sites is 2. The van der Waals surface area contributed by atoms with Gasteiger partial charge in [-0.15, -0.1) is 11.3 Å². The minimum atomic E-state index is 0.648. The molecule has 7 aromatic carbocycles. The Bertz CT molecular complexity index is 3420. The van der Waals surface area contributed by atoms with Crippen molar-refractivity contribution >= 4 is 81.6 Å². The highest BCUT2D eigenvalue weighted by atomic mass is 32.1. The predicted molar refractivity (Wildman–Crippen MR) is 242 cm³/mol. The van der Waals surface area contributed by atoms with Crippen LogP contribution < -0.4 is 5.73 Å². The molecule has 4 aromatic heterocycles. The Balaban J connectivity index is 1.21. The fourth-order valence-electron chi connectivity index (χ4n) is 8.56. The normalized spacial score (nSPS) is 12.4. The molecule has 11 rings (SSSR count). The molecule has 0 fully saturated rings. The molecule has 0 amide bonds. The summed E-state index contributed by atoms with van der Waals surface area (Å²) in [7, 11) is 0. The SMILES string of the molecule is C/C=C(\C=C/N)n1c2ccccc2c2cccc(-c3ccc4c(c3)c3cc5ccccc5cc3n4-c3nc(-c4ccccc4)c4sc(-c5ccccc5)cc4n3)c21. The third kappa shape index (κ3) is 5.22. The van der Waals surface area contributed by atoms with Gasteiger partial charge in [0.1, 0.15) is 0 Å². The maximum absolute atomic E-state index is 6.01. The van der Waals surface area contributed by atoms with Crippen LogP contribution in [0.4, 0.5) is 0 Å². The fraction of sp³-hybridized carbons (Fsp3) is 0.0196. The molecular formula is C51H35N5S. The summed E-state index contributed by atoms with van der Waals surface area (Å²) in [6, 6.07) is 58.5. The van der Waals surface area contributed by atoms with Crippen molar-refractivity contribution in [3.8, 4) is 38.8 Å². The van der Waals surface area contributed by atoms with Gasteiger partial charge in [-0.05, 0) is 77.5 Å². The van der Waals surface area contributed by atoms with E-state index in [1.165, 1.54) is 32.0 Å². The van der Waals surface area contributed by atoms with Crippen molar-refractivity contribution in [1.82, 2.24) is 19.1 Å². The summed E-state index contributed by atoms with van der Waals surface area (Å²) < 4.78 is 5.67. The first-order valence-corrected chi connectivity index (χ1v) is 20.0. The lowest BCUT2D eigenvalue weighted by Crippen LogP contribution is -2.02. The first-order valence-electron chi connectivity index (χ1n) is 19.2. The van der Waals surface area contributed by atoms with Crippen molar-refractivity contribution in [3.05, 3.63) is 182 Å². The molecule has 0 bridgehead atoms. The van der Waals surface area contributed by atoms with E-state index in [1.54, 1.807) is 17.5 Å². The molecule has 6 heteroatoms. The average Bonchev–Trinajstić information content (AvgIpc) is 3.95. The lowest BCUT2D eigenvalue weighted by molar-refractivity contribution is 1.02. The topological polar surface area (TPSA) is 61.7 Å². The summed E-state index contributed by atoms with van der Waals surface area (Å²) in [5.41, 5.74) is 17.8. The summed E-state index contributed by atoms with van der Waals surface area (Å²) in [4.78, 5) is 12.0. The van der Waals surface area contributed by atoms with Gasteiger partial charge in [-0.1, -0.05) is 133 Å². The van der Waals surface area contributed by atoms with E-state index in [9.17, 15) is 0 Å². The number of fused-ring (bicyclic) bond motifs is 8. The first-order chi connectivity index (χ1) is 28.2. The number of allylic oxidation sites excluding steroid dienone is 3. The van der Waals surface area contributed by atoms with Crippen LogP contribution in [-0.2, 0) is 0 Å². The second-order valence-electron chi connectivity index (χ2n) is 14.3. The van der Waals surface area contributed by atoms with Crippen LogP contribution >= 0.6 is 11.3 Å². The van der Waals surface area contributed by atoms with Gasteiger partial charge < -0.3 is 10.3 Å². The molecule has 0 spiro atoms. The Morgan fingerprint density at radius 1 is 0.579 bits per heavy atom. The summed E-state index contributed by atoms with van der Waals surface area (Å²) in [5, 5.41) is 7.05. The zero-order valence-electron chi connectivity index (χ0n) is 31.1. The fourth-order valence-corrected chi connectivity index (χ4v) is 9.67. The standard InChI is InChI=1S/C51H35N5S/c1-2-37(26-27-52)55-44-23-12-11-20-39(44)40-22-13-21-38(49(40)55)36-24-25-45-41(29-36)42-28-34-18-9-10-19-35(34)30-46(42)56(45)51-53-43-31-47(32-14-5-3-6-15-32)57-50(43)48(54-51)33-16-7-4-8-17-33/h2-31H,52H2,1H3/b27-26-,37-2+. The molecule has 0 atom stereocenters. The molecule has 0 saturated carbocycles. The van der Waals surface area contributed by atoms with Crippen molar-refractivity contribution in [3.63, 3.8) is 0 Å².